The fourth-order valence-electron chi connectivity index (χ4n) is 1.89. The van der Waals surface area contributed by atoms with Gasteiger partial charge in [-0.05, 0) is 12.1 Å². The molecule has 0 saturated heterocycles. The summed E-state index contributed by atoms with van der Waals surface area (Å²) < 4.78 is 6.30. The van der Waals surface area contributed by atoms with Crippen molar-refractivity contribution in [2.75, 3.05) is 30.5 Å². The van der Waals surface area contributed by atoms with Gasteiger partial charge in [0.25, 0.3) is 0 Å². The van der Waals surface area contributed by atoms with Crippen molar-refractivity contribution in [3.8, 4) is 16.3 Å². The van der Waals surface area contributed by atoms with Gasteiger partial charge in [-0.2, -0.15) is 0 Å². The van der Waals surface area contributed by atoms with E-state index in [0.717, 1.165) is 28.0 Å². The molecule has 2 heterocycles. The molecule has 1 aliphatic rings. The first-order valence-electron chi connectivity index (χ1n) is 6.83. The van der Waals surface area contributed by atoms with Crippen LogP contribution < -0.4 is 10.1 Å². The van der Waals surface area contributed by atoms with E-state index in [0.29, 0.717) is 15.9 Å². The normalized spacial score (nSPS) is 13.7. The third-order valence-electron chi connectivity index (χ3n) is 2.89. The second kappa shape index (κ2) is 7.80. The van der Waals surface area contributed by atoms with Crippen molar-refractivity contribution >= 4 is 50.3 Å². The smallest absolute Gasteiger partial charge is 0.236 e. The summed E-state index contributed by atoms with van der Waals surface area (Å²) in [6.45, 7) is 0.841. The standard InChI is InChI=1S/C14H14N4O2S3/c1-20-10-5-3-2-4-9(10)12-17-18-13(23-12)16-11(19)8-22-14-15-6-7-21-14/h2-5H,6-8H2,1H3,(H,16,18,19). The number of hydrogen-bond donors (Lipinski definition) is 1. The van der Waals surface area contributed by atoms with Crippen molar-refractivity contribution in [3.05, 3.63) is 24.3 Å². The lowest BCUT2D eigenvalue weighted by molar-refractivity contribution is -0.113. The van der Waals surface area contributed by atoms with E-state index in [4.69, 9.17) is 4.74 Å². The van der Waals surface area contributed by atoms with Gasteiger partial charge < -0.3 is 4.74 Å². The van der Waals surface area contributed by atoms with Gasteiger partial charge in [-0.25, -0.2) is 0 Å². The molecule has 120 valence electrons. The zero-order valence-electron chi connectivity index (χ0n) is 12.3. The van der Waals surface area contributed by atoms with E-state index < -0.39 is 0 Å². The van der Waals surface area contributed by atoms with Gasteiger partial charge in [0.1, 0.15) is 10.1 Å². The van der Waals surface area contributed by atoms with Crippen LogP contribution in [-0.2, 0) is 4.79 Å². The van der Waals surface area contributed by atoms with Gasteiger partial charge in [-0.15, -0.1) is 10.2 Å². The first-order chi connectivity index (χ1) is 11.3. The molecule has 0 aliphatic carbocycles. The molecule has 3 rings (SSSR count). The number of aliphatic imine (C=N–C) groups is 1. The molecule has 0 unspecified atom stereocenters. The molecule has 1 aromatic carbocycles. The number of anilines is 1. The summed E-state index contributed by atoms with van der Waals surface area (Å²) in [5.74, 6) is 1.96. The van der Waals surface area contributed by atoms with Crippen LogP contribution >= 0.6 is 34.9 Å². The third-order valence-corrected chi connectivity index (χ3v) is 6.02. The average Bonchev–Trinajstić information content (AvgIpc) is 3.24. The first-order valence-corrected chi connectivity index (χ1v) is 9.62. The van der Waals surface area contributed by atoms with Crippen LogP contribution in [0.25, 0.3) is 10.6 Å². The van der Waals surface area contributed by atoms with Crippen LogP contribution in [0.3, 0.4) is 0 Å². The zero-order valence-corrected chi connectivity index (χ0v) is 14.8. The summed E-state index contributed by atoms with van der Waals surface area (Å²) in [6, 6.07) is 7.59. The molecule has 1 N–H and O–H groups in total. The number of benzene rings is 1. The van der Waals surface area contributed by atoms with E-state index in [-0.39, 0.29) is 5.91 Å². The Kier molecular flexibility index (Phi) is 5.52. The topological polar surface area (TPSA) is 76.5 Å². The number of ether oxygens (including phenoxy) is 1. The van der Waals surface area contributed by atoms with E-state index in [9.17, 15) is 4.79 Å². The maximum Gasteiger partial charge on any atom is 0.236 e. The maximum atomic E-state index is 12.0. The van der Waals surface area contributed by atoms with E-state index in [1.54, 1.807) is 18.9 Å². The van der Waals surface area contributed by atoms with Gasteiger partial charge in [0, 0.05) is 5.75 Å². The van der Waals surface area contributed by atoms with Crippen LogP contribution in [0.1, 0.15) is 0 Å². The Morgan fingerprint density at radius 2 is 2.26 bits per heavy atom. The Labute approximate surface area is 146 Å². The molecular weight excluding hydrogens is 352 g/mol. The molecule has 0 saturated carbocycles. The van der Waals surface area contributed by atoms with Gasteiger partial charge in [-0.1, -0.05) is 47.0 Å². The largest absolute Gasteiger partial charge is 0.496 e. The summed E-state index contributed by atoms with van der Waals surface area (Å²) in [4.78, 5) is 16.3. The fraction of sp³-hybridized carbons (Fsp3) is 0.286. The molecule has 0 bridgehead atoms. The molecule has 0 spiro atoms. The maximum absolute atomic E-state index is 12.0. The fourth-order valence-corrected chi connectivity index (χ4v) is 4.49. The van der Waals surface area contributed by atoms with Crippen molar-refractivity contribution in [1.82, 2.24) is 10.2 Å². The van der Waals surface area contributed by atoms with E-state index in [1.165, 1.54) is 23.1 Å². The number of para-hydroxylation sites is 1. The summed E-state index contributed by atoms with van der Waals surface area (Å²) in [7, 11) is 1.61. The highest BCUT2D eigenvalue weighted by atomic mass is 32.2. The highest BCUT2D eigenvalue weighted by Crippen LogP contribution is 2.33. The molecule has 23 heavy (non-hydrogen) atoms. The SMILES string of the molecule is COc1ccccc1-c1nnc(NC(=O)CSC2=NCCS2)s1. The van der Waals surface area contributed by atoms with E-state index in [2.05, 4.69) is 20.5 Å². The number of amides is 1. The number of hydrogen-bond acceptors (Lipinski definition) is 8. The average molecular weight is 366 g/mol. The number of aromatic nitrogens is 2. The third kappa shape index (κ3) is 4.24. The Balaban J connectivity index is 1.61. The van der Waals surface area contributed by atoms with Gasteiger partial charge in [0.15, 0.2) is 5.01 Å². The highest BCUT2D eigenvalue weighted by molar-refractivity contribution is 8.39. The number of rotatable bonds is 5. The molecule has 6 nitrogen and oxygen atoms in total. The lowest BCUT2D eigenvalue weighted by Gasteiger charge is -2.03. The Morgan fingerprint density at radius 1 is 1.39 bits per heavy atom. The Hall–Kier alpha value is -1.58. The van der Waals surface area contributed by atoms with Gasteiger partial charge in [0.2, 0.25) is 11.0 Å². The lowest BCUT2D eigenvalue weighted by Crippen LogP contribution is -2.14. The monoisotopic (exact) mass is 366 g/mol. The van der Waals surface area contributed by atoms with Crippen LogP contribution in [0.2, 0.25) is 0 Å². The predicted molar refractivity (Wildman–Crippen MR) is 97.7 cm³/mol. The number of thioether (sulfide) groups is 2. The quantitative estimate of drug-likeness (QED) is 0.877. The molecule has 1 amide bonds. The molecular formula is C14H14N4O2S3. The number of carbonyl (C=O) groups is 1. The second-order valence-electron chi connectivity index (χ2n) is 4.45. The van der Waals surface area contributed by atoms with E-state index in [1.807, 2.05) is 24.3 Å². The van der Waals surface area contributed by atoms with Crippen LogP contribution in [0.15, 0.2) is 29.3 Å². The minimum absolute atomic E-state index is 0.104. The van der Waals surface area contributed by atoms with Crippen LogP contribution in [0.5, 0.6) is 5.75 Å². The molecule has 0 radical (unpaired) electrons. The lowest BCUT2D eigenvalue weighted by atomic mass is 10.2. The van der Waals surface area contributed by atoms with Crippen LogP contribution in [-0.4, -0.2) is 45.6 Å². The summed E-state index contributed by atoms with van der Waals surface area (Å²) >= 11 is 4.47. The van der Waals surface area contributed by atoms with Crippen molar-refractivity contribution in [2.24, 2.45) is 4.99 Å². The molecule has 0 fully saturated rings. The van der Waals surface area contributed by atoms with Gasteiger partial charge >= 0.3 is 0 Å². The van der Waals surface area contributed by atoms with Crippen molar-refractivity contribution in [1.29, 1.82) is 0 Å². The first kappa shape index (κ1) is 16.3. The van der Waals surface area contributed by atoms with E-state index >= 15 is 0 Å². The molecule has 0 atom stereocenters. The Morgan fingerprint density at radius 3 is 3.04 bits per heavy atom. The predicted octanol–water partition coefficient (Wildman–Crippen LogP) is 2.99. The number of nitrogens with one attached hydrogen (secondary N) is 1. The summed E-state index contributed by atoms with van der Waals surface area (Å²) in [5.41, 5.74) is 0.860. The molecule has 2 aromatic rings. The summed E-state index contributed by atoms with van der Waals surface area (Å²) in [6.07, 6.45) is 0. The zero-order chi connectivity index (χ0) is 16.1. The molecule has 1 aromatic heterocycles. The van der Waals surface area contributed by atoms with Crippen LogP contribution in [0.4, 0.5) is 5.13 Å². The van der Waals surface area contributed by atoms with Crippen LogP contribution in [0, 0.1) is 0 Å². The molecule has 9 heteroatoms. The van der Waals surface area contributed by atoms with Gasteiger partial charge in [0.05, 0.1) is 25.0 Å². The van der Waals surface area contributed by atoms with Gasteiger partial charge in [-0.3, -0.25) is 15.1 Å². The minimum atomic E-state index is -0.104. The molecule has 1 aliphatic heterocycles. The number of methoxy groups -OCH3 is 1. The minimum Gasteiger partial charge on any atom is -0.496 e. The van der Waals surface area contributed by atoms with Crippen molar-refractivity contribution in [2.45, 2.75) is 0 Å². The number of nitrogens with zero attached hydrogens (tertiary/aromatic N) is 3. The summed E-state index contributed by atoms with van der Waals surface area (Å²) in [5, 5.41) is 12.1. The highest BCUT2D eigenvalue weighted by Gasteiger charge is 2.14. The van der Waals surface area contributed by atoms with Crippen molar-refractivity contribution in [3.63, 3.8) is 0 Å². The van der Waals surface area contributed by atoms with Crippen molar-refractivity contribution < 1.29 is 9.53 Å². The Bertz CT molecular complexity index is 732. The number of carbonyl (C=O) groups excluding carboxylic acids is 1. The second-order valence-corrected chi connectivity index (χ2v) is 7.73.